The molecule has 1 rings (SSSR count). The first-order valence-electron chi connectivity index (χ1n) is 6.15. The molecule has 0 unspecified atom stereocenters. The van der Waals surface area contributed by atoms with Gasteiger partial charge in [0.1, 0.15) is 5.78 Å². The summed E-state index contributed by atoms with van der Waals surface area (Å²) in [7, 11) is 0. The van der Waals surface area contributed by atoms with E-state index in [0.29, 0.717) is 17.1 Å². The smallest absolute Gasteiger partial charge is 0.136 e. The normalized spacial score (nSPS) is 29.3. The van der Waals surface area contributed by atoms with Crippen LogP contribution < -0.4 is 0 Å². The molecular formula is C14H26O. The van der Waals surface area contributed by atoms with E-state index in [1.54, 1.807) is 0 Å². The molecule has 1 saturated carbocycles. The van der Waals surface area contributed by atoms with E-state index in [-0.39, 0.29) is 11.3 Å². The van der Waals surface area contributed by atoms with Gasteiger partial charge in [-0.25, -0.2) is 0 Å². The lowest BCUT2D eigenvalue weighted by Gasteiger charge is -2.41. The predicted molar refractivity (Wildman–Crippen MR) is 64.7 cm³/mol. The zero-order chi connectivity index (χ0) is 11.9. The highest BCUT2D eigenvalue weighted by Crippen LogP contribution is 2.44. The Kier molecular flexibility index (Phi) is 3.33. The lowest BCUT2D eigenvalue weighted by Crippen LogP contribution is -2.38. The number of carbonyl (C=O) groups is 1. The summed E-state index contributed by atoms with van der Waals surface area (Å²) in [5.41, 5.74) is 0.491. The fourth-order valence-corrected chi connectivity index (χ4v) is 2.65. The van der Waals surface area contributed by atoms with Gasteiger partial charge in [0.25, 0.3) is 0 Å². The molecule has 1 aliphatic rings. The van der Waals surface area contributed by atoms with Crippen molar-refractivity contribution in [1.29, 1.82) is 0 Å². The molecule has 0 N–H and O–H groups in total. The van der Waals surface area contributed by atoms with Crippen molar-refractivity contribution in [1.82, 2.24) is 0 Å². The lowest BCUT2D eigenvalue weighted by molar-refractivity contribution is -0.130. The van der Waals surface area contributed by atoms with Crippen LogP contribution in [-0.4, -0.2) is 5.78 Å². The second kappa shape index (κ2) is 3.92. The Morgan fingerprint density at radius 3 is 1.93 bits per heavy atom. The van der Waals surface area contributed by atoms with E-state index in [4.69, 9.17) is 0 Å². The Hall–Kier alpha value is -0.330. The molecule has 1 fully saturated rings. The van der Waals surface area contributed by atoms with Gasteiger partial charge in [0, 0.05) is 12.3 Å². The summed E-state index contributed by atoms with van der Waals surface area (Å²) in [5.74, 6) is 1.47. The van der Waals surface area contributed by atoms with Crippen LogP contribution >= 0.6 is 0 Å². The van der Waals surface area contributed by atoms with Crippen LogP contribution in [-0.2, 0) is 4.79 Å². The molecule has 0 aliphatic heterocycles. The molecule has 1 heteroatoms. The van der Waals surface area contributed by atoms with Crippen LogP contribution in [0, 0.1) is 22.7 Å². The van der Waals surface area contributed by atoms with E-state index in [0.717, 1.165) is 19.3 Å². The highest BCUT2D eigenvalue weighted by molar-refractivity contribution is 5.82. The first-order valence-corrected chi connectivity index (χ1v) is 6.15. The Morgan fingerprint density at radius 2 is 1.53 bits per heavy atom. The van der Waals surface area contributed by atoms with Crippen LogP contribution in [0.25, 0.3) is 0 Å². The van der Waals surface area contributed by atoms with Gasteiger partial charge in [-0.1, -0.05) is 41.5 Å². The van der Waals surface area contributed by atoms with Crippen molar-refractivity contribution < 1.29 is 4.79 Å². The lowest BCUT2D eigenvalue weighted by atomic mass is 9.63. The molecule has 0 aromatic carbocycles. The van der Waals surface area contributed by atoms with E-state index in [9.17, 15) is 4.79 Å². The number of Topliss-reactive ketones (excluding diaryl/α,β-unsaturated/α-hetero) is 1. The van der Waals surface area contributed by atoms with Crippen molar-refractivity contribution in [2.75, 3.05) is 0 Å². The van der Waals surface area contributed by atoms with Crippen LogP contribution in [0.3, 0.4) is 0 Å². The minimum absolute atomic E-state index is 0.140. The van der Waals surface area contributed by atoms with Crippen LogP contribution in [0.1, 0.15) is 60.8 Å². The zero-order valence-corrected chi connectivity index (χ0v) is 11.2. The van der Waals surface area contributed by atoms with Gasteiger partial charge in [0.2, 0.25) is 0 Å². The number of ketones is 1. The van der Waals surface area contributed by atoms with Gasteiger partial charge in [-0.05, 0) is 29.6 Å². The number of hydrogen-bond acceptors (Lipinski definition) is 1. The number of rotatable bonds is 0. The Morgan fingerprint density at radius 1 is 1.00 bits per heavy atom. The summed E-state index contributed by atoms with van der Waals surface area (Å²) < 4.78 is 0. The highest BCUT2D eigenvalue weighted by Gasteiger charge is 2.39. The van der Waals surface area contributed by atoms with Gasteiger partial charge in [-0.3, -0.25) is 4.79 Å². The summed E-state index contributed by atoms with van der Waals surface area (Å²) in [6, 6.07) is 0. The second-order valence-corrected chi connectivity index (χ2v) is 7.22. The molecule has 0 radical (unpaired) electrons. The third-order valence-electron chi connectivity index (χ3n) is 3.92. The highest BCUT2D eigenvalue weighted by atomic mass is 16.1. The zero-order valence-electron chi connectivity index (χ0n) is 11.2. The maximum Gasteiger partial charge on any atom is 0.136 e. The SMILES string of the molecule is CC(C)(C)[C@H]1CCC(=O)[C@H](C(C)(C)C)C1. The van der Waals surface area contributed by atoms with Crippen LogP contribution in [0.4, 0.5) is 0 Å². The minimum atomic E-state index is 0.140. The standard InChI is InChI=1S/C14H26O/c1-13(2,3)10-7-8-12(15)11(9-10)14(4,5)6/h10-11H,7-9H2,1-6H3/t10-,11+/m0/s1. The largest absolute Gasteiger partial charge is 0.299 e. The monoisotopic (exact) mass is 210 g/mol. The van der Waals surface area contributed by atoms with Crippen molar-refractivity contribution in [2.24, 2.45) is 22.7 Å². The predicted octanol–water partition coefficient (Wildman–Crippen LogP) is 4.06. The van der Waals surface area contributed by atoms with Crippen molar-refractivity contribution in [3.8, 4) is 0 Å². The first kappa shape index (κ1) is 12.7. The van der Waals surface area contributed by atoms with E-state index < -0.39 is 0 Å². The third-order valence-corrected chi connectivity index (χ3v) is 3.92. The molecule has 1 aliphatic carbocycles. The van der Waals surface area contributed by atoms with E-state index >= 15 is 0 Å². The number of hydrogen-bond donors (Lipinski definition) is 0. The van der Waals surface area contributed by atoms with Gasteiger partial charge in [-0.2, -0.15) is 0 Å². The van der Waals surface area contributed by atoms with Crippen LogP contribution in [0.2, 0.25) is 0 Å². The minimum Gasteiger partial charge on any atom is -0.299 e. The molecule has 2 atom stereocenters. The second-order valence-electron chi connectivity index (χ2n) is 7.22. The Balaban J connectivity index is 2.78. The van der Waals surface area contributed by atoms with Gasteiger partial charge in [0.05, 0.1) is 0 Å². The molecule has 15 heavy (non-hydrogen) atoms. The average Bonchev–Trinajstić information content (AvgIpc) is 2.00. The molecule has 0 spiro atoms. The summed E-state index contributed by atoms with van der Waals surface area (Å²) in [6.07, 6.45) is 2.98. The summed E-state index contributed by atoms with van der Waals surface area (Å²) >= 11 is 0. The maximum absolute atomic E-state index is 11.9. The molecule has 0 bridgehead atoms. The topological polar surface area (TPSA) is 17.1 Å². The average molecular weight is 210 g/mol. The quantitative estimate of drug-likeness (QED) is 0.589. The Labute approximate surface area is 94.6 Å². The van der Waals surface area contributed by atoms with Crippen molar-refractivity contribution in [2.45, 2.75) is 60.8 Å². The molecule has 0 aromatic rings. The number of carbonyl (C=O) groups excluding carboxylic acids is 1. The van der Waals surface area contributed by atoms with Crippen molar-refractivity contribution >= 4 is 5.78 Å². The molecular weight excluding hydrogens is 184 g/mol. The van der Waals surface area contributed by atoms with Crippen molar-refractivity contribution in [3.63, 3.8) is 0 Å². The van der Waals surface area contributed by atoms with E-state index in [1.807, 2.05) is 0 Å². The molecule has 0 amide bonds. The van der Waals surface area contributed by atoms with Gasteiger partial charge in [0.15, 0.2) is 0 Å². The third kappa shape index (κ3) is 3.06. The van der Waals surface area contributed by atoms with Gasteiger partial charge >= 0.3 is 0 Å². The van der Waals surface area contributed by atoms with Crippen molar-refractivity contribution in [3.05, 3.63) is 0 Å². The molecule has 0 aromatic heterocycles. The van der Waals surface area contributed by atoms with Crippen LogP contribution in [0.5, 0.6) is 0 Å². The molecule has 1 nitrogen and oxygen atoms in total. The van der Waals surface area contributed by atoms with Crippen LogP contribution in [0.15, 0.2) is 0 Å². The van der Waals surface area contributed by atoms with E-state index in [2.05, 4.69) is 41.5 Å². The molecule has 0 heterocycles. The summed E-state index contributed by atoms with van der Waals surface area (Å²) in [5, 5.41) is 0. The maximum atomic E-state index is 11.9. The fourth-order valence-electron chi connectivity index (χ4n) is 2.65. The fraction of sp³-hybridized carbons (Fsp3) is 0.929. The summed E-state index contributed by atoms with van der Waals surface area (Å²) in [4.78, 5) is 11.9. The van der Waals surface area contributed by atoms with Gasteiger partial charge < -0.3 is 0 Å². The van der Waals surface area contributed by atoms with Gasteiger partial charge in [-0.15, -0.1) is 0 Å². The Bertz CT molecular complexity index is 239. The first-order chi connectivity index (χ1) is 6.62. The van der Waals surface area contributed by atoms with E-state index in [1.165, 1.54) is 0 Å². The molecule has 88 valence electrons. The summed E-state index contributed by atoms with van der Waals surface area (Å²) in [6.45, 7) is 13.5. The molecule has 0 saturated heterocycles.